The molecule has 0 saturated heterocycles. The van der Waals surface area contributed by atoms with E-state index >= 15 is 4.39 Å². The van der Waals surface area contributed by atoms with Gasteiger partial charge in [-0.2, -0.15) is 0 Å². The number of para-hydroxylation sites is 1. The van der Waals surface area contributed by atoms with Gasteiger partial charge in [-0.3, -0.25) is 13.9 Å². The zero-order valence-corrected chi connectivity index (χ0v) is 27.0. The summed E-state index contributed by atoms with van der Waals surface area (Å²) < 4.78 is 44.6. The third kappa shape index (κ3) is 8.33. The van der Waals surface area contributed by atoms with Crippen LogP contribution < -0.4 is 9.62 Å². The number of hydrogen-bond acceptors (Lipinski definition) is 4. The molecule has 4 aromatic carbocycles. The molecule has 44 heavy (non-hydrogen) atoms. The minimum Gasteiger partial charge on any atom is -0.352 e. The van der Waals surface area contributed by atoms with Crippen molar-refractivity contribution in [3.63, 3.8) is 0 Å². The molecular weight excluding hydrogens is 645 g/mol. The summed E-state index contributed by atoms with van der Waals surface area (Å²) in [5, 5.41) is 3.00. The van der Waals surface area contributed by atoms with Gasteiger partial charge in [0.25, 0.3) is 10.0 Å². The Bertz CT molecular complexity index is 1660. The molecule has 4 aromatic rings. The molecule has 4 rings (SSSR count). The van der Waals surface area contributed by atoms with E-state index < -0.39 is 34.3 Å². The van der Waals surface area contributed by atoms with Crippen LogP contribution in [0.25, 0.3) is 0 Å². The van der Waals surface area contributed by atoms with Crippen LogP contribution >= 0.6 is 15.9 Å². The molecule has 2 amide bonds. The normalized spacial score (nSPS) is 12.6. The molecule has 7 nitrogen and oxygen atoms in total. The van der Waals surface area contributed by atoms with Gasteiger partial charge in [-0.05, 0) is 60.9 Å². The van der Waals surface area contributed by atoms with E-state index in [0.29, 0.717) is 6.42 Å². The van der Waals surface area contributed by atoms with Gasteiger partial charge in [0.2, 0.25) is 11.8 Å². The summed E-state index contributed by atoms with van der Waals surface area (Å²) in [4.78, 5) is 29.5. The van der Waals surface area contributed by atoms with Crippen molar-refractivity contribution < 1.29 is 22.4 Å². The van der Waals surface area contributed by atoms with Crippen LogP contribution in [0.5, 0.6) is 0 Å². The van der Waals surface area contributed by atoms with Crippen LogP contribution in [0.4, 0.5) is 10.1 Å². The van der Waals surface area contributed by atoms with Gasteiger partial charge >= 0.3 is 0 Å². The van der Waals surface area contributed by atoms with Gasteiger partial charge in [-0.1, -0.05) is 95.7 Å². The van der Waals surface area contributed by atoms with E-state index in [-0.39, 0.29) is 35.5 Å². The lowest BCUT2D eigenvalue weighted by Crippen LogP contribution is -2.54. The molecule has 1 N–H and O–H groups in total. The van der Waals surface area contributed by atoms with E-state index in [1.807, 2.05) is 68.4 Å². The second-order valence-corrected chi connectivity index (χ2v) is 13.2. The number of benzene rings is 4. The predicted octanol–water partition coefficient (Wildman–Crippen LogP) is 6.34. The molecule has 0 saturated carbocycles. The van der Waals surface area contributed by atoms with Crippen molar-refractivity contribution in [1.29, 1.82) is 0 Å². The molecule has 0 aliphatic rings. The van der Waals surface area contributed by atoms with Crippen LogP contribution in [0, 0.1) is 5.82 Å². The lowest BCUT2D eigenvalue weighted by atomic mass is 10.0. The Balaban J connectivity index is 1.81. The molecule has 0 spiro atoms. The summed E-state index contributed by atoms with van der Waals surface area (Å²) in [5.74, 6) is -1.82. The first-order chi connectivity index (χ1) is 21.1. The second kappa shape index (κ2) is 15.1. The zero-order chi connectivity index (χ0) is 31.7. The van der Waals surface area contributed by atoms with E-state index in [1.165, 1.54) is 35.2 Å². The van der Waals surface area contributed by atoms with Crippen LogP contribution in [-0.2, 0) is 32.6 Å². The average molecular weight is 681 g/mol. The SMILES string of the molecule is CC[C@H](C)NC(=O)[C@H](Cc1ccccc1)N(Cc1ccc(Br)cc1)C(=O)CN(c1ccccc1F)S(=O)(=O)c1ccccc1. The average Bonchev–Trinajstić information content (AvgIpc) is 3.03. The molecule has 0 fully saturated rings. The first-order valence-electron chi connectivity index (χ1n) is 14.3. The number of anilines is 1. The van der Waals surface area contributed by atoms with Gasteiger partial charge in [0, 0.05) is 23.5 Å². The lowest BCUT2D eigenvalue weighted by Gasteiger charge is -2.34. The van der Waals surface area contributed by atoms with Crippen LogP contribution in [0.1, 0.15) is 31.4 Å². The Kier molecular flexibility index (Phi) is 11.3. The van der Waals surface area contributed by atoms with Gasteiger partial charge < -0.3 is 10.2 Å². The monoisotopic (exact) mass is 679 g/mol. The molecule has 0 unspecified atom stereocenters. The van der Waals surface area contributed by atoms with Crippen molar-refractivity contribution in [2.45, 2.75) is 50.2 Å². The number of nitrogens with one attached hydrogen (secondary N) is 1. The van der Waals surface area contributed by atoms with Gasteiger partial charge in [-0.25, -0.2) is 12.8 Å². The maximum Gasteiger partial charge on any atom is 0.264 e. The van der Waals surface area contributed by atoms with E-state index in [0.717, 1.165) is 26.0 Å². The second-order valence-electron chi connectivity index (χ2n) is 10.4. The van der Waals surface area contributed by atoms with E-state index in [1.54, 1.807) is 18.2 Å². The van der Waals surface area contributed by atoms with E-state index in [9.17, 15) is 18.0 Å². The zero-order valence-electron chi connectivity index (χ0n) is 24.6. The molecule has 0 radical (unpaired) electrons. The van der Waals surface area contributed by atoms with Crippen molar-refractivity contribution in [2.75, 3.05) is 10.8 Å². The topological polar surface area (TPSA) is 86.8 Å². The van der Waals surface area contributed by atoms with E-state index in [2.05, 4.69) is 21.2 Å². The van der Waals surface area contributed by atoms with Crippen molar-refractivity contribution in [1.82, 2.24) is 10.2 Å². The number of nitrogens with zero attached hydrogens (tertiary/aromatic N) is 2. The van der Waals surface area contributed by atoms with Crippen molar-refractivity contribution >= 4 is 43.5 Å². The van der Waals surface area contributed by atoms with Gasteiger partial charge in [0.05, 0.1) is 10.6 Å². The number of sulfonamides is 1. The summed E-state index contributed by atoms with van der Waals surface area (Å²) in [7, 11) is -4.37. The third-order valence-electron chi connectivity index (χ3n) is 7.27. The largest absolute Gasteiger partial charge is 0.352 e. The highest BCUT2D eigenvalue weighted by molar-refractivity contribution is 9.10. The summed E-state index contributed by atoms with van der Waals surface area (Å²) in [6.45, 7) is 3.12. The maximum atomic E-state index is 15.2. The van der Waals surface area contributed by atoms with Crippen LogP contribution in [0.15, 0.2) is 119 Å². The number of hydrogen-bond donors (Lipinski definition) is 1. The number of carbonyl (C=O) groups is 2. The lowest BCUT2D eigenvalue weighted by molar-refractivity contribution is -0.140. The Hall–Kier alpha value is -4.02. The number of halogens is 2. The Labute approximate surface area is 266 Å². The fourth-order valence-corrected chi connectivity index (χ4v) is 6.38. The number of carbonyl (C=O) groups excluding carboxylic acids is 2. The molecule has 0 aliphatic heterocycles. The highest BCUT2D eigenvalue weighted by Crippen LogP contribution is 2.27. The summed E-state index contributed by atoms with van der Waals surface area (Å²) in [6, 6.07) is 28.5. The molecule has 230 valence electrons. The van der Waals surface area contributed by atoms with Crippen LogP contribution in [0.3, 0.4) is 0 Å². The standard InChI is InChI=1S/C34H35BrFN3O4S/c1-3-25(2)37-34(41)32(22-26-12-6-4-7-13-26)38(23-27-18-20-28(35)21-19-27)33(40)24-39(31-17-11-10-16-30(31)36)44(42,43)29-14-8-5-9-15-29/h4-21,25,32H,3,22-24H2,1-2H3,(H,37,41)/t25-,32-/m0/s1. The molecule has 10 heteroatoms. The highest BCUT2D eigenvalue weighted by Gasteiger charge is 2.35. The highest BCUT2D eigenvalue weighted by atomic mass is 79.9. The summed E-state index contributed by atoms with van der Waals surface area (Å²) in [6.07, 6.45) is 0.872. The summed E-state index contributed by atoms with van der Waals surface area (Å²) in [5.41, 5.74) is 1.30. The smallest absolute Gasteiger partial charge is 0.264 e. The third-order valence-corrected chi connectivity index (χ3v) is 9.57. The molecular formula is C34H35BrFN3O4S. The fourth-order valence-electron chi connectivity index (χ4n) is 4.67. The minimum absolute atomic E-state index is 0.0219. The molecule has 0 aromatic heterocycles. The molecule has 2 atom stereocenters. The van der Waals surface area contributed by atoms with Gasteiger partial charge in [0.15, 0.2) is 0 Å². The first-order valence-corrected chi connectivity index (χ1v) is 16.5. The maximum absolute atomic E-state index is 15.2. The summed E-state index contributed by atoms with van der Waals surface area (Å²) >= 11 is 3.43. The Morgan fingerprint density at radius 2 is 1.43 bits per heavy atom. The number of amides is 2. The first kappa shape index (κ1) is 32.9. The Morgan fingerprint density at radius 3 is 2.05 bits per heavy atom. The molecule has 0 heterocycles. The van der Waals surface area contributed by atoms with Crippen LogP contribution in [0.2, 0.25) is 0 Å². The van der Waals surface area contributed by atoms with Crippen LogP contribution in [-0.4, -0.2) is 43.8 Å². The van der Waals surface area contributed by atoms with Crippen molar-refractivity contribution in [2.24, 2.45) is 0 Å². The predicted molar refractivity (Wildman–Crippen MR) is 174 cm³/mol. The molecule has 0 bridgehead atoms. The fraction of sp³-hybridized carbons (Fsp3) is 0.235. The van der Waals surface area contributed by atoms with E-state index in [4.69, 9.17) is 0 Å². The van der Waals surface area contributed by atoms with Gasteiger partial charge in [0.1, 0.15) is 18.4 Å². The van der Waals surface area contributed by atoms with Gasteiger partial charge in [-0.15, -0.1) is 0 Å². The van der Waals surface area contributed by atoms with Crippen molar-refractivity contribution in [3.05, 3.63) is 131 Å². The minimum atomic E-state index is -4.37. The van der Waals surface area contributed by atoms with Crippen molar-refractivity contribution in [3.8, 4) is 0 Å². The quantitative estimate of drug-likeness (QED) is 0.179. The number of rotatable bonds is 13. The molecule has 0 aliphatic carbocycles. The Morgan fingerprint density at radius 1 is 0.841 bits per heavy atom.